The number of nitrogens with zero attached hydrogens (tertiary/aromatic N) is 4. The van der Waals surface area contributed by atoms with Gasteiger partial charge in [0.05, 0.1) is 124 Å². The van der Waals surface area contributed by atoms with Crippen LogP contribution in [0.1, 0.15) is 231 Å². The molecule has 6 aromatic heterocycles. The summed E-state index contributed by atoms with van der Waals surface area (Å²) in [7, 11) is 10.8. The first-order valence-corrected chi connectivity index (χ1v) is 46.8. The summed E-state index contributed by atoms with van der Waals surface area (Å²) in [6.07, 6.45) is 7.93. The minimum absolute atomic E-state index is 0.000427. The molecule has 0 radical (unpaired) electrons. The molecule has 0 fully saturated rings. The number of fused-ring (bicyclic) bond motifs is 16. The Morgan fingerprint density at radius 3 is 0.739 bits per heavy atom. The monoisotopic (exact) mass is 1900 g/mol. The van der Waals surface area contributed by atoms with Crippen LogP contribution >= 0.6 is 0 Å². The van der Waals surface area contributed by atoms with Crippen molar-refractivity contribution < 1.29 is 81.4 Å². The quantitative estimate of drug-likeness (QED) is 0.0173. The Bertz CT molecular complexity index is 7720. The van der Waals surface area contributed by atoms with E-state index < -0.39 is 53.4 Å². The van der Waals surface area contributed by atoms with Crippen molar-refractivity contribution >= 4 is 136 Å². The molecular formula is C117H112N8O17. The average molecular weight is 1900 g/mol. The molecule has 0 saturated heterocycles. The lowest BCUT2D eigenvalue weighted by Crippen LogP contribution is -2.14. The Morgan fingerprint density at radius 2 is 0.521 bits per heavy atom. The molecular weight excluding hydrogens is 1790 g/mol. The zero-order valence-electron chi connectivity index (χ0n) is 83.2. The number of hydrogen-bond donors (Lipinski definition) is 5. The van der Waals surface area contributed by atoms with E-state index in [4.69, 9.17) is 64.3 Å². The van der Waals surface area contributed by atoms with Crippen molar-refractivity contribution in [1.82, 2.24) is 39.9 Å². The lowest BCUT2D eigenvalue weighted by Gasteiger charge is -2.09. The summed E-state index contributed by atoms with van der Waals surface area (Å²) in [5.74, 6) is 24.1. The van der Waals surface area contributed by atoms with E-state index >= 15 is 0 Å². The van der Waals surface area contributed by atoms with Gasteiger partial charge < -0.3 is 62.9 Å². The summed E-state index contributed by atoms with van der Waals surface area (Å²) in [6, 6.07) is 38.5. The third-order valence-electron chi connectivity index (χ3n) is 26.5. The summed E-state index contributed by atoms with van der Waals surface area (Å²) in [5.41, 5.74) is 28.1. The van der Waals surface area contributed by atoms with Crippen LogP contribution in [-0.2, 0) is 102 Å². The van der Waals surface area contributed by atoms with E-state index in [1.54, 1.807) is 13.8 Å². The van der Waals surface area contributed by atoms with Gasteiger partial charge in [-0.25, -0.2) is 19.9 Å². The molecule has 142 heavy (non-hydrogen) atoms. The van der Waals surface area contributed by atoms with E-state index in [1.165, 1.54) is 56.9 Å². The molecule has 4 aromatic carbocycles. The summed E-state index contributed by atoms with van der Waals surface area (Å²) in [4.78, 5) is 145. The lowest BCUT2D eigenvalue weighted by molar-refractivity contribution is -0.141. The molecule has 10 heterocycles. The number of carbonyl (C=O) groups excluding carboxylic acids is 8. The summed E-state index contributed by atoms with van der Waals surface area (Å²) >= 11 is 0. The number of aryl methyl sites for hydroxylation is 8. The number of benzene rings is 4. The number of aromatic nitrogens is 8. The van der Waals surface area contributed by atoms with Crippen LogP contribution in [0.15, 0.2) is 121 Å². The first-order chi connectivity index (χ1) is 68.2. The number of aromatic amines is 4. The fourth-order valence-corrected chi connectivity index (χ4v) is 18.8. The highest BCUT2D eigenvalue weighted by molar-refractivity contribution is 6.08. The van der Waals surface area contributed by atoms with Crippen LogP contribution in [0.4, 0.5) is 0 Å². The molecule has 0 saturated carbocycles. The number of carbonyl (C=O) groups is 8. The first-order valence-electron chi connectivity index (χ1n) is 46.8. The van der Waals surface area contributed by atoms with Crippen molar-refractivity contribution in [3.05, 3.63) is 234 Å². The van der Waals surface area contributed by atoms with E-state index in [1.807, 2.05) is 177 Å². The predicted molar refractivity (Wildman–Crippen MR) is 552 cm³/mol. The normalized spacial score (nSPS) is 12.1. The first kappa shape index (κ1) is 102. The van der Waals surface area contributed by atoms with Gasteiger partial charge in [0.1, 0.15) is 5.60 Å². The molecule has 10 aromatic rings. The number of hydrogen-bond acceptors (Lipinski definition) is 21. The predicted octanol–water partition coefficient (Wildman–Crippen LogP) is 20.3. The maximum atomic E-state index is 13.5. The second-order valence-electron chi connectivity index (χ2n) is 35.6. The second kappa shape index (κ2) is 44.6. The standard InChI is InChI=1S/C117H112N8O17/c1-20-73-32-25-36-77(57-73)105-109-65(2)81(40-48-97(126)135-12)89(118-109)61-91-83(42-50-99(128)137-14)67(4)111(120-91)106(112-68(5)84(43-51-100(129)138-15)92(121-112)62-90-82(41-49-98(127)136-13)66(3)110(105)119-90)78-37-26-33-74(58-78)29-21-22-30-75-34-27-38-79(59-75)107-113-69(6)85(44-52-101(130)139-16)93(122-113)63-95-87(46-54-103(132)141-18)71(8)115(124-95)108(80-39-28-35-76(60-80)31-23-24-56-117(10,11)134)116-72(9)88(47-55-104(133)142-19)96(125-116)64-94-86(45-53-102(131)140-17)70(7)114(107)123-94/h1,25-28,32-39,57-64,118,121-122,125,134H,40-55H2,2-19H3. The zero-order chi connectivity index (χ0) is 102. The van der Waals surface area contributed by atoms with Gasteiger partial charge in [-0.3, -0.25) is 38.4 Å². The van der Waals surface area contributed by atoms with Gasteiger partial charge in [0, 0.05) is 118 Å². The van der Waals surface area contributed by atoms with Gasteiger partial charge in [0.15, 0.2) is 0 Å². The van der Waals surface area contributed by atoms with Crippen molar-refractivity contribution in [3.63, 3.8) is 0 Å². The van der Waals surface area contributed by atoms with Gasteiger partial charge in [0.25, 0.3) is 0 Å². The molecule has 722 valence electrons. The highest BCUT2D eigenvalue weighted by atomic mass is 16.5. The molecule has 4 aliphatic rings. The highest BCUT2D eigenvalue weighted by Crippen LogP contribution is 2.49. The fraction of sp³-hybridized carbons (Fsp3) is 0.299. The minimum atomic E-state index is -1.28. The maximum absolute atomic E-state index is 13.5. The Morgan fingerprint density at radius 1 is 0.310 bits per heavy atom. The largest absolute Gasteiger partial charge is 0.469 e. The van der Waals surface area contributed by atoms with E-state index in [0.29, 0.717) is 151 Å². The smallest absolute Gasteiger partial charge is 0.305 e. The third kappa shape index (κ3) is 22.3. The second-order valence-corrected chi connectivity index (χ2v) is 35.6. The molecule has 0 aliphatic carbocycles. The Labute approximate surface area is 825 Å². The van der Waals surface area contributed by atoms with E-state index in [-0.39, 0.29) is 103 Å². The Hall–Kier alpha value is -16.4. The summed E-state index contributed by atoms with van der Waals surface area (Å²) < 4.78 is 42.3. The molecule has 4 aliphatic heterocycles. The number of ether oxygens (including phenoxy) is 8. The van der Waals surface area contributed by atoms with Gasteiger partial charge in [-0.05, 0) is 328 Å². The molecule has 5 N–H and O–H groups in total. The van der Waals surface area contributed by atoms with Crippen LogP contribution in [0.5, 0.6) is 0 Å². The maximum Gasteiger partial charge on any atom is 0.305 e. The number of esters is 8. The van der Waals surface area contributed by atoms with Gasteiger partial charge >= 0.3 is 47.8 Å². The topological polar surface area (TPSA) is 345 Å². The van der Waals surface area contributed by atoms with Crippen molar-refractivity contribution in [2.24, 2.45) is 0 Å². The van der Waals surface area contributed by atoms with Crippen molar-refractivity contribution in [2.45, 2.75) is 178 Å². The third-order valence-corrected chi connectivity index (χ3v) is 26.5. The molecule has 25 heteroatoms. The molecule has 14 rings (SSSR count). The molecule has 25 nitrogen and oxygen atoms in total. The summed E-state index contributed by atoms with van der Waals surface area (Å²) in [5, 5.41) is 10.4. The molecule has 0 spiro atoms. The van der Waals surface area contributed by atoms with Crippen LogP contribution in [0.2, 0.25) is 0 Å². The number of rotatable bonds is 28. The summed E-state index contributed by atoms with van der Waals surface area (Å²) in [6.45, 7) is 19.0. The Balaban J connectivity index is 1.01. The number of H-pyrrole nitrogens is 4. The minimum Gasteiger partial charge on any atom is -0.469 e. The van der Waals surface area contributed by atoms with Crippen LogP contribution in [0.25, 0.3) is 133 Å². The van der Waals surface area contributed by atoms with Crippen LogP contribution in [-0.4, -0.2) is 155 Å². The molecule has 0 atom stereocenters. The number of methoxy groups -OCH3 is 8. The van der Waals surface area contributed by atoms with Gasteiger partial charge in [0.2, 0.25) is 0 Å². The molecule has 16 bridgehead atoms. The van der Waals surface area contributed by atoms with Crippen molar-refractivity contribution in [2.75, 3.05) is 56.9 Å². The van der Waals surface area contributed by atoms with Crippen LogP contribution < -0.4 is 0 Å². The molecule has 0 unspecified atom stereocenters. The number of aliphatic hydroxyl groups is 1. The molecule has 0 amide bonds. The van der Waals surface area contributed by atoms with Gasteiger partial charge in [-0.15, -0.1) is 6.42 Å². The van der Waals surface area contributed by atoms with Gasteiger partial charge in [-0.2, -0.15) is 0 Å². The fourth-order valence-electron chi connectivity index (χ4n) is 18.8. The van der Waals surface area contributed by atoms with Crippen molar-refractivity contribution in [3.8, 4) is 104 Å². The van der Waals surface area contributed by atoms with Crippen molar-refractivity contribution in [1.29, 1.82) is 0 Å². The number of terminal acetylenes is 1. The van der Waals surface area contributed by atoms with E-state index in [2.05, 4.69) is 73.2 Å². The van der Waals surface area contributed by atoms with E-state index in [9.17, 15) is 43.5 Å². The number of nitrogens with one attached hydrogen (secondary N) is 4. The van der Waals surface area contributed by atoms with Crippen LogP contribution in [0.3, 0.4) is 0 Å². The number of allylic oxidation sites excluding steroid dienone is 8. The SMILES string of the molecule is C#Cc1cccc(-c2c3nc(cc4[nH]c(c(C)c4CCC(=O)OC)c(-c4cccc(C#CC#Cc5cccc(-c6c7nc(cc8[nH]c(c(C)c8CCC(=O)OC)c(-c8cccc(C#CC#CC(C)(C)O)c8)c8nc(cc9[nH]c6c(C)c9CCC(=O)OC)C(CCC(=O)OC)=C8C)C(CCC(=O)OC)=C7C)c5)c4)c4nc(cc5[nH]c2c(C)c5CCC(=O)OC)C(CCC(=O)OC)=C4C)C(CCC(=O)OC)=C3C)c1. The van der Waals surface area contributed by atoms with Crippen LogP contribution in [0, 0.1) is 87.4 Å². The zero-order valence-corrected chi connectivity index (χ0v) is 83.2. The van der Waals surface area contributed by atoms with E-state index in [0.717, 1.165) is 94.7 Å². The highest BCUT2D eigenvalue weighted by Gasteiger charge is 2.33. The average Bonchev–Trinajstić information content (AvgIpc) is 1.59. The van der Waals surface area contributed by atoms with Gasteiger partial charge in [-0.1, -0.05) is 78.1 Å². The Kier molecular flexibility index (Phi) is 31.9. The lowest BCUT2D eigenvalue weighted by atomic mass is 9.93.